The highest BCUT2D eigenvalue weighted by Crippen LogP contribution is 2.28. The minimum absolute atomic E-state index is 0. The first kappa shape index (κ1) is 17.8. The van der Waals surface area contributed by atoms with Crippen LogP contribution in [0.5, 0.6) is 0 Å². The molecule has 2 rings (SSSR count). The molecule has 21 heavy (non-hydrogen) atoms. The van der Waals surface area contributed by atoms with Crippen LogP contribution in [0.3, 0.4) is 0 Å². The van der Waals surface area contributed by atoms with Gasteiger partial charge in [0, 0.05) is 37.3 Å². The van der Waals surface area contributed by atoms with Gasteiger partial charge in [0.25, 0.3) is 5.69 Å². The third kappa shape index (κ3) is 3.34. The van der Waals surface area contributed by atoms with Crippen molar-refractivity contribution in [2.75, 3.05) is 19.6 Å². The van der Waals surface area contributed by atoms with Crippen LogP contribution in [0.2, 0.25) is 0 Å². The lowest BCUT2D eigenvalue weighted by molar-refractivity contribution is -0.385. The van der Waals surface area contributed by atoms with E-state index in [9.17, 15) is 18.5 Å². The van der Waals surface area contributed by atoms with Crippen molar-refractivity contribution in [3.05, 3.63) is 33.9 Å². The van der Waals surface area contributed by atoms with Gasteiger partial charge in [0.15, 0.2) is 0 Å². The second-order valence-corrected chi connectivity index (χ2v) is 6.69. The van der Waals surface area contributed by atoms with Gasteiger partial charge in [0.2, 0.25) is 10.0 Å². The lowest BCUT2D eigenvalue weighted by Crippen LogP contribution is -2.52. The number of nitro groups is 1. The van der Waals surface area contributed by atoms with Crippen LogP contribution in [0.1, 0.15) is 12.5 Å². The number of nitrogens with one attached hydrogen (secondary N) is 1. The Hall–Kier alpha value is -1.22. The summed E-state index contributed by atoms with van der Waals surface area (Å²) in [5.41, 5.74) is 0.0112. The Bertz CT molecular complexity index is 635. The molecule has 1 atom stereocenters. The van der Waals surface area contributed by atoms with Gasteiger partial charge in [0.1, 0.15) is 0 Å². The molecule has 7 nitrogen and oxygen atoms in total. The molecular formula is C12H18ClN3O4S. The lowest BCUT2D eigenvalue weighted by atomic mass is 10.2. The van der Waals surface area contributed by atoms with Crippen molar-refractivity contribution in [2.24, 2.45) is 0 Å². The van der Waals surface area contributed by atoms with E-state index < -0.39 is 14.9 Å². The number of benzene rings is 1. The fourth-order valence-corrected chi connectivity index (χ4v) is 4.26. The first-order chi connectivity index (χ1) is 9.35. The molecule has 0 amide bonds. The van der Waals surface area contributed by atoms with Crippen LogP contribution in [-0.2, 0) is 10.0 Å². The summed E-state index contributed by atoms with van der Waals surface area (Å²) in [6.45, 7) is 4.81. The quantitative estimate of drug-likeness (QED) is 0.664. The van der Waals surface area contributed by atoms with Gasteiger partial charge in [-0.05, 0) is 19.9 Å². The lowest BCUT2D eigenvalue weighted by Gasteiger charge is -2.33. The molecule has 9 heteroatoms. The predicted molar refractivity (Wildman–Crippen MR) is 81.3 cm³/mol. The molecule has 0 aromatic heterocycles. The van der Waals surface area contributed by atoms with E-state index in [0.717, 1.165) is 0 Å². The van der Waals surface area contributed by atoms with E-state index in [1.165, 1.54) is 29.4 Å². The van der Waals surface area contributed by atoms with E-state index in [4.69, 9.17) is 0 Å². The number of piperazine rings is 1. The topological polar surface area (TPSA) is 92.5 Å². The highest BCUT2D eigenvalue weighted by atomic mass is 35.5. The number of nitro benzene ring substituents is 1. The summed E-state index contributed by atoms with van der Waals surface area (Å²) in [6.07, 6.45) is 0. The predicted octanol–water partition coefficient (Wildman–Crippen LogP) is 1.31. The number of hydrogen-bond acceptors (Lipinski definition) is 5. The van der Waals surface area contributed by atoms with Crippen LogP contribution in [0.25, 0.3) is 0 Å². The number of rotatable bonds is 3. The average Bonchev–Trinajstić information content (AvgIpc) is 2.38. The zero-order chi connectivity index (χ0) is 14.9. The van der Waals surface area contributed by atoms with Gasteiger partial charge in [0.05, 0.1) is 9.82 Å². The van der Waals surface area contributed by atoms with Crippen LogP contribution < -0.4 is 5.32 Å². The monoisotopic (exact) mass is 335 g/mol. The largest absolute Gasteiger partial charge is 0.314 e. The second-order valence-electron chi connectivity index (χ2n) is 4.83. The Morgan fingerprint density at radius 1 is 1.43 bits per heavy atom. The van der Waals surface area contributed by atoms with Crippen molar-refractivity contribution < 1.29 is 13.3 Å². The zero-order valence-electron chi connectivity index (χ0n) is 11.8. The third-order valence-corrected chi connectivity index (χ3v) is 5.64. The normalized spacial score (nSPS) is 19.8. The molecule has 1 aromatic carbocycles. The van der Waals surface area contributed by atoms with Gasteiger partial charge < -0.3 is 5.32 Å². The molecule has 1 aliphatic heterocycles. The zero-order valence-corrected chi connectivity index (χ0v) is 13.4. The molecule has 0 radical (unpaired) electrons. The van der Waals surface area contributed by atoms with E-state index in [1.54, 1.807) is 0 Å². The maximum atomic E-state index is 12.7. The summed E-state index contributed by atoms with van der Waals surface area (Å²) in [7, 11) is -3.71. The highest BCUT2D eigenvalue weighted by molar-refractivity contribution is 7.89. The molecule has 1 aliphatic rings. The Morgan fingerprint density at radius 3 is 2.67 bits per heavy atom. The third-order valence-electron chi connectivity index (χ3n) is 3.48. The van der Waals surface area contributed by atoms with Crippen LogP contribution in [-0.4, -0.2) is 43.3 Å². The van der Waals surface area contributed by atoms with Crippen LogP contribution in [0.15, 0.2) is 23.1 Å². The van der Waals surface area contributed by atoms with Crippen molar-refractivity contribution in [3.8, 4) is 0 Å². The first-order valence-corrected chi connectivity index (χ1v) is 7.76. The van der Waals surface area contributed by atoms with Gasteiger partial charge in [-0.2, -0.15) is 4.31 Å². The van der Waals surface area contributed by atoms with Crippen molar-refractivity contribution in [1.29, 1.82) is 0 Å². The van der Waals surface area contributed by atoms with Crippen molar-refractivity contribution in [3.63, 3.8) is 0 Å². The van der Waals surface area contributed by atoms with Crippen LogP contribution in [0, 0.1) is 17.0 Å². The molecule has 1 N–H and O–H groups in total. The summed E-state index contributed by atoms with van der Waals surface area (Å²) in [6, 6.07) is 3.97. The maximum Gasteiger partial charge on any atom is 0.273 e. The number of hydrogen-bond donors (Lipinski definition) is 1. The number of halogens is 1. The molecule has 0 spiro atoms. The van der Waals surface area contributed by atoms with E-state index in [1.807, 2.05) is 6.92 Å². The van der Waals surface area contributed by atoms with E-state index >= 15 is 0 Å². The summed E-state index contributed by atoms with van der Waals surface area (Å²) in [5.74, 6) is 0. The van der Waals surface area contributed by atoms with Gasteiger partial charge in [-0.25, -0.2) is 8.42 Å². The van der Waals surface area contributed by atoms with E-state index in [2.05, 4.69) is 5.32 Å². The molecular weight excluding hydrogens is 318 g/mol. The van der Waals surface area contributed by atoms with E-state index in [-0.39, 0.29) is 34.6 Å². The SMILES string of the molecule is Cc1c([N+](=O)[O-])cccc1S(=O)(=O)N1CCNC[C@H]1C.Cl. The maximum absolute atomic E-state index is 12.7. The first-order valence-electron chi connectivity index (χ1n) is 6.32. The molecule has 0 saturated carbocycles. The van der Waals surface area contributed by atoms with Crippen LogP contribution >= 0.6 is 12.4 Å². The highest BCUT2D eigenvalue weighted by Gasteiger charge is 2.33. The fraction of sp³-hybridized carbons (Fsp3) is 0.500. The molecule has 1 saturated heterocycles. The minimum Gasteiger partial charge on any atom is -0.314 e. The summed E-state index contributed by atoms with van der Waals surface area (Å²) >= 11 is 0. The summed E-state index contributed by atoms with van der Waals surface area (Å²) < 4.78 is 26.7. The van der Waals surface area contributed by atoms with Crippen molar-refractivity contribution in [1.82, 2.24) is 9.62 Å². The van der Waals surface area contributed by atoms with Gasteiger partial charge in [-0.1, -0.05) is 6.07 Å². The number of nitrogens with zero attached hydrogens (tertiary/aromatic N) is 2. The standard InChI is InChI=1S/C12H17N3O4S.ClH/c1-9-8-13-6-7-14(9)20(18,19)12-5-3-4-11(10(12)2)15(16)17;/h3-5,9,13H,6-8H2,1-2H3;1H/t9-;/m1./s1. The van der Waals surface area contributed by atoms with Crippen molar-refractivity contribution in [2.45, 2.75) is 24.8 Å². The molecule has 0 aliphatic carbocycles. The molecule has 1 aromatic rings. The van der Waals surface area contributed by atoms with Gasteiger partial charge >= 0.3 is 0 Å². The molecule has 118 valence electrons. The Morgan fingerprint density at radius 2 is 2.10 bits per heavy atom. The smallest absolute Gasteiger partial charge is 0.273 e. The fourth-order valence-electron chi connectivity index (χ4n) is 2.39. The Balaban J connectivity index is 0.00000220. The minimum atomic E-state index is -3.71. The average molecular weight is 336 g/mol. The molecule has 0 bridgehead atoms. The Kier molecular flexibility index (Phi) is 5.68. The van der Waals surface area contributed by atoms with Gasteiger partial charge in [-0.3, -0.25) is 10.1 Å². The van der Waals surface area contributed by atoms with E-state index in [0.29, 0.717) is 19.6 Å². The van der Waals surface area contributed by atoms with Crippen LogP contribution in [0.4, 0.5) is 5.69 Å². The molecule has 1 fully saturated rings. The molecule has 0 unspecified atom stereocenters. The number of sulfonamides is 1. The summed E-state index contributed by atoms with van der Waals surface area (Å²) in [5, 5.41) is 14.0. The van der Waals surface area contributed by atoms with Gasteiger partial charge in [-0.15, -0.1) is 12.4 Å². The Labute approximate surface area is 129 Å². The molecule has 1 heterocycles. The second kappa shape index (κ2) is 6.69. The summed E-state index contributed by atoms with van der Waals surface area (Å²) in [4.78, 5) is 10.4. The van der Waals surface area contributed by atoms with Crippen molar-refractivity contribution >= 4 is 28.1 Å².